The maximum Gasteiger partial charge on any atom is 0.410 e. The van der Waals surface area contributed by atoms with Gasteiger partial charge in [-0.3, -0.25) is 0 Å². The molecule has 4 heteroatoms. The van der Waals surface area contributed by atoms with Gasteiger partial charge < -0.3 is 14.7 Å². The summed E-state index contributed by atoms with van der Waals surface area (Å²) < 4.78 is 5.35. The topological polar surface area (TPSA) is 49.8 Å². The average molecular weight is 243 g/mol. The molecule has 2 atom stereocenters. The van der Waals surface area contributed by atoms with E-state index in [2.05, 4.69) is 6.92 Å². The van der Waals surface area contributed by atoms with Gasteiger partial charge in [-0.2, -0.15) is 0 Å². The first-order chi connectivity index (χ1) is 7.87. The van der Waals surface area contributed by atoms with Gasteiger partial charge in [0.1, 0.15) is 5.60 Å². The highest BCUT2D eigenvalue weighted by atomic mass is 16.6. The number of carbonyl (C=O) groups excluding carboxylic acids is 1. The Morgan fingerprint density at radius 1 is 1.35 bits per heavy atom. The molecule has 0 aromatic rings. The Labute approximate surface area is 104 Å². The normalized spacial score (nSPS) is 25.1. The van der Waals surface area contributed by atoms with Gasteiger partial charge in [0.25, 0.3) is 0 Å². The van der Waals surface area contributed by atoms with Crippen molar-refractivity contribution in [1.29, 1.82) is 0 Å². The first-order valence-corrected chi connectivity index (χ1v) is 6.46. The molecule has 1 aliphatic heterocycles. The van der Waals surface area contributed by atoms with Crippen molar-refractivity contribution in [2.75, 3.05) is 19.7 Å². The van der Waals surface area contributed by atoms with Crippen molar-refractivity contribution < 1.29 is 14.6 Å². The molecule has 1 heterocycles. The number of carbonyl (C=O) groups is 1. The highest BCUT2D eigenvalue weighted by Gasteiger charge is 2.35. The van der Waals surface area contributed by atoms with Gasteiger partial charge in [-0.15, -0.1) is 0 Å². The largest absolute Gasteiger partial charge is 0.444 e. The summed E-state index contributed by atoms with van der Waals surface area (Å²) in [5.74, 6) is 0.625. The highest BCUT2D eigenvalue weighted by Crippen LogP contribution is 2.28. The molecular weight excluding hydrogens is 218 g/mol. The van der Waals surface area contributed by atoms with Crippen molar-refractivity contribution in [1.82, 2.24) is 4.90 Å². The number of aliphatic hydroxyl groups is 1. The lowest BCUT2D eigenvalue weighted by Crippen LogP contribution is -2.35. The zero-order valence-corrected chi connectivity index (χ0v) is 11.4. The minimum absolute atomic E-state index is 0.157. The standard InChI is InChI=1S/C13H25NO3/c1-5-6-10-7-14(8-11(10)9-15)12(16)17-13(2,3)4/h10-11,15H,5-9H2,1-4H3/t10-,11-/m1/s1. The summed E-state index contributed by atoms with van der Waals surface area (Å²) in [5.41, 5.74) is -0.450. The zero-order valence-electron chi connectivity index (χ0n) is 11.4. The molecule has 0 unspecified atom stereocenters. The zero-order chi connectivity index (χ0) is 13.1. The molecule has 17 heavy (non-hydrogen) atoms. The van der Waals surface area contributed by atoms with E-state index in [0.717, 1.165) is 12.8 Å². The number of nitrogens with zero attached hydrogens (tertiary/aromatic N) is 1. The minimum Gasteiger partial charge on any atom is -0.444 e. The van der Waals surface area contributed by atoms with Crippen molar-refractivity contribution in [3.05, 3.63) is 0 Å². The summed E-state index contributed by atoms with van der Waals surface area (Å²) in [6, 6.07) is 0. The highest BCUT2D eigenvalue weighted by molar-refractivity contribution is 5.68. The summed E-state index contributed by atoms with van der Waals surface area (Å²) in [7, 11) is 0. The average Bonchev–Trinajstić information content (AvgIpc) is 2.59. The second kappa shape index (κ2) is 5.71. The molecule has 0 radical (unpaired) electrons. The fourth-order valence-electron chi connectivity index (χ4n) is 2.32. The summed E-state index contributed by atoms with van der Waals surface area (Å²) >= 11 is 0. The molecule has 1 aliphatic rings. The summed E-state index contributed by atoms with van der Waals surface area (Å²) in [5, 5.41) is 9.32. The SMILES string of the molecule is CCC[C@@H]1CN(C(=O)OC(C)(C)C)C[C@@H]1CO. The van der Waals surface area contributed by atoms with Crippen molar-refractivity contribution in [2.45, 2.75) is 46.1 Å². The maximum absolute atomic E-state index is 11.9. The van der Waals surface area contributed by atoms with Gasteiger partial charge >= 0.3 is 6.09 Å². The smallest absolute Gasteiger partial charge is 0.410 e. The molecule has 0 spiro atoms. The van der Waals surface area contributed by atoms with E-state index in [0.29, 0.717) is 19.0 Å². The molecule has 1 saturated heterocycles. The molecule has 0 saturated carbocycles. The van der Waals surface area contributed by atoms with Crippen LogP contribution in [0.25, 0.3) is 0 Å². The fraction of sp³-hybridized carbons (Fsp3) is 0.923. The third-order valence-electron chi connectivity index (χ3n) is 3.12. The molecule has 1 rings (SSSR count). The Balaban J connectivity index is 2.54. The van der Waals surface area contributed by atoms with Crippen LogP contribution in [-0.2, 0) is 4.74 Å². The molecule has 0 aliphatic carbocycles. The summed E-state index contributed by atoms with van der Waals surface area (Å²) in [6.07, 6.45) is 1.89. The van der Waals surface area contributed by atoms with Gasteiger partial charge in [0, 0.05) is 25.6 Å². The van der Waals surface area contributed by atoms with Crippen LogP contribution in [-0.4, -0.2) is 41.4 Å². The van der Waals surface area contributed by atoms with E-state index in [1.54, 1.807) is 4.90 Å². The fourth-order valence-corrected chi connectivity index (χ4v) is 2.32. The number of hydrogen-bond acceptors (Lipinski definition) is 3. The molecule has 100 valence electrons. The Kier molecular flexibility index (Phi) is 4.80. The van der Waals surface area contributed by atoms with Crippen LogP contribution in [0, 0.1) is 11.8 Å². The van der Waals surface area contributed by atoms with Gasteiger partial charge in [-0.05, 0) is 33.1 Å². The summed E-state index contributed by atoms with van der Waals surface area (Å²) in [6.45, 7) is 9.23. The number of ether oxygens (including phenoxy) is 1. The first kappa shape index (κ1) is 14.3. The van der Waals surface area contributed by atoms with Crippen LogP contribution in [0.3, 0.4) is 0 Å². The number of rotatable bonds is 3. The molecular formula is C13H25NO3. The van der Waals surface area contributed by atoms with E-state index in [-0.39, 0.29) is 18.6 Å². The van der Waals surface area contributed by atoms with Crippen LogP contribution in [0.1, 0.15) is 40.5 Å². The van der Waals surface area contributed by atoms with Crippen LogP contribution in [0.2, 0.25) is 0 Å². The molecule has 1 N–H and O–H groups in total. The molecule has 0 aromatic carbocycles. The van der Waals surface area contributed by atoms with Crippen LogP contribution in [0.4, 0.5) is 4.79 Å². The molecule has 4 nitrogen and oxygen atoms in total. The lowest BCUT2D eigenvalue weighted by molar-refractivity contribution is 0.0280. The van der Waals surface area contributed by atoms with E-state index in [4.69, 9.17) is 4.74 Å². The van der Waals surface area contributed by atoms with Gasteiger partial charge in [-0.25, -0.2) is 4.79 Å². The summed E-state index contributed by atoms with van der Waals surface area (Å²) in [4.78, 5) is 13.6. The lowest BCUT2D eigenvalue weighted by atomic mass is 9.93. The van der Waals surface area contributed by atoms with Gasteiger partial charge in [0.15, 0.2) is 0 Å². The first-order valence-electron chi connectivity index (χ1n) is 6.46. The Hall–Kier alpha value is -0.770. The van der Waals surface area contributed by atoms with Crippen LogP contribution in [0.15, 0.2) is 0 Å². The van der Waals surface area contributed by atoms with Crippen molar-refractivity contribution in [3.63, 3.8) is 0 Å². The van der Waals surface area contributed by atoms with Crippen molar-refractivity contribution in [2.24, 2.45) is 11.8 Å². The predicted molar refractivity (Wildman–Crippen MR) is 66.8 cm³/mol. The van der Waals surface area contributed by atoms with Gasteiger partial charge in [0.2, 0.25) is 0 Å². The number of likely N-dealkylation sites (tertiary alicyclic amines) is 1. The van der Waals surface area contributed by atoms with Crippen molar-refractivity contribution in [3.8, 4) is 0 Å². The van der Waals surface area contributed by atoms with E-state index in [1.165, 1.54) is 0 Å². The maximum atomic E-state index is 11.9. The second-order valence-electron chi connectivity index (χ2n) is 5.88. The Morgan fingerprint density at radius 2 is 1.94 bits per heavy atom. The Morgan fingerprint density at radius 3 is 2.41 bits per heavy atom. The number of amides is 1. The van der Waals surface area contributed by atoms with E-state index < -0.39 is 5.60 Å². The van der Waals surface area contributed by atoms with Gasteiger partial charge in [-0.1, -0.05) is 13.3 Å². The number of aliphatic hydroxyl groups excluding tert-OH is 1. The molecule has 1 amide bonds. The van der Waals surface area contributed by atoms with E-state index in [9.17, 15) is 9.90 Å². The third kappa shape index (κ3) is 4.19. The van der Waals surface area contributed by atoms with E-state index >= 15 is 0 Å². The minimum atomic E-state index is -0.450. The molecule has 0 aromatic heterocycles. The lowest BCUT2D eigenvalue weighted by Gasteiger charge is -2.24. The molecule has 1 fully saturated rings. The van der Waals surface area contributed by atoms with E-state index in [1.807, 2.05) is 20.8 Å². The van der Waals surface area contributed by atoms with Crippen LogP contribution < -0.4 is 0 Å². The second-order valence-corrected chi connectivity index (χ2v) is 5.88. The third-order valence-corrected chi connectivity index (χ3v) is 3.12. The van der Waals surface area contributed by atoms with Crippen LogP contribution in [0.5, 0.6) is 0 Å². The monoisotopic (exact) mass is 243 g/mol. The predicted octanol–water partition coefficient (Wildman–Crippen LogP) is 2.26. The van der Waals surface area contributed by atoms with Gasteiger partial charge in [0.05, 0.1) is 0 Å². The number of hydrogen-bond donors (Lipinski definition) is 1. The molecule has 0 bridgehead atoms. The Bertz CT molecular complexity index is 260. The van der Waals surface area contributed by atoms with Crippen molar-refractivity contribution >= 4 is 6.09 Å². The van der Waals surface area contributed by atoms with Crippen LogP contribution >= 0.6 is 0 Å². The quantitative estimate of drug-likeness (QED) is 0.827.